The number of anilines is 2. The number of hydrogen-bond acceptors (Lipinski definition) is 5. The molecule has 2 rings (SSSR count). The number of rotatable bonds is 6. The maximum atomic E-state index is 12.4. The molecular formula is C18H20N2O4. The number of hydrogen-bond donors (Lipinski definition) is 2. The minimum Gasteiger partial charge on any atom is -0.491 e. The van der Waals surface area contributed by atoms with E-state index in [4.69, 9.17) is 15.2 Å². The quantitative estimate of drug-likeness (QED) is 0.628. The van der Waals surface area contributed by atoms with Gasteiger partial charge in [-0.05, 0) is 36.8 Å². The number of carbonyl (C=O) groups is 2. The van der Waals surface area contributed by atoms with Crippen molar-refractivity contribution < 1.29 is 19.1 Å². The van der Waals surface area contributed by atoms with Gasteiger partial charge in [-0.25, -0.2) is 4.79 Å². The van der Waals surface area contributed by atoms with E-state index in [0.717, 1.165) is 6.42 Å². The average molecular weight is 328 g/mol. The average Bonchev–Trinajstić information content (AvgIpc) is 2.60. The molecule has 1 amide bonds. The van der Waals surface area contributed by atoms with Gasteiger partial charge in [-0.2, -0.15) is 0 Å². The molecule has 0 heterocycles. The van der Waals surface area contributed by atoms with Crippen molar-refractivity contribution >= 4 is 23.3 Å². The Kier molecular flexibility index (Phi) is 5.78. The summed E-state index contributed by atoms with van der Waals surface area (Å²) < 4.78 is 10.2. The van der Waals surface area contributed by atoms with Gasteiger partial charge in [0.25, 0.3) is 5.91 Å². The van der Waals surface area contributed by atoms with Crippen LogP contribution in [0.4, 0.5) is 11.4 Å². The lowest BCUT2D eigenvalue weighted by Crippen LogP contribution is -2.15. The molecule has 2 aromatic carbocycles. The van der Waals surface area contributed by atoms with Crippen LogP contribution < -0.4 is 15.8 Å². The zero-order valence-electron chi connectivity index (χ0n) is 13.7. The Morgan fingerprint density at radius 1 is 1.17 bits per heavy atom. The molecule has 3 N–H and O–H groups in total. The van der Waals surface area contributed by atoms with Crippen LogP contribution in [0.25, 0.3) is 0 Å². The lowest BCUT2D eigenvalue weighted by molar-refractivity contribution is 0.0602. The molecule has 0 saturated carbocycles. The fourth-order valence-corrected chi connectivity index (χ4v) is 2.11. The van der Waals surface area contributed by atoms with Crippen molar-refractivity contribution in [3.05, 3.63) is 53.6 Å². The molecule has 0 unspecified atom stereocenters. The number of ether oxygens (including phenoxy) is 2. The first kappa shape index (κ1) is 17.3. The van der Waals surface area contributed by atoms with Crippen molar-refractivity contribution in [3.63, 3.8) is 0 Å². The molecule has 126 valence electrons. The van der Waals surface area contributed by atoms with Crippen molar-refractivity contribution in [2.75, 3.05) is 24.8 Å². The monoisotopic (exact) mass is 328 g/mol. The summed E-state index contributed by atoms with van der Waals surface area (Å²) >= 11 is 0. The summed E-state index contributed by atoms with van der Waals surface area (Å²) in [5.74, 6) is -0.350. The highest BCUT2D eigenvalue weighted by Crippen LogP contribution is 2.24. The summed E-state index contributed by atoms with van der Waals surface area (Å²) in [6, 6.07) is 11.5. The highest BCUT2D eigenvalue weighted by Gasteiger charge is 2.15. The molecule has 6 heteroatoms. The van der Waals surface area contributed by atoms with Crippen LogP contribution in [0.2, 0.25) is 0 Å². The van der Waals surface area contributed by atoms with E-state index in [1.807, 2.05) is 6.92 Å². The fourth-order valence-electron chi connectivity index (χ4n) is 2.11. The van der Waals surface area contributed by atoms with Gasteiger partial charge in [0.2, 0.25) is 0 Å². The molecule has 2 aromatic rings. The minimum absolute atomic E-state index is 0.282. The second-order valence-electron chi connectivity index (χ2n) is 5.09. The van der Waals surface area contributed by atoms with Gasteiger partial charge in [0, 0.05) is 5.56 Å². The topological polar surface area (TPSA) is 90.6 Å². The first-order valence-electron chi connectivity index (χ1n) is 7.57. The third kappa shape index (κ3) is 4.04. The molecule has 0 spiro atoms. The molecule has 0 fully saturated rings. The lowest BCUT2D eigenvalue weighted by Gasteiger charge is -2.11. The molecule has 0 aliphatic heterocycles. The van der Waals surface area contributed by atoms with E-state index >= 15 is 0 Å². The standard InChI is InChI=1S/C18H20N2O4/c1-3-10-24-16-9-8-12(11-14(16)19)17(21)20-15-7-5-4-6-13(15)18(22)23-2/h4-9,11H,3,10,19H2,1-2H3,(H,20,21). The van der Waals surface area contributed by atoms with Gasteiger partial charge in [-0.1, -0.05) is 19.1 Å². The molecule has 0 aromatic heterocycles. The van der Waals surface area contributed by atoms with Crippen LogP contribution in [0.1, 0.15) is 34.1 Å². The number of nitrogens with two attached hydrogens (primary N) is 1. The molecule has 0 saturated heterocycles. The minimum atomic E-state index is -0.520. The fraction of sp³-hybridized carbons (Fsp3) is 0.222. The first-order valence-corrected chi connectivity index (χ1v) is 7.57. The number of nitrogen functional groups attached to an aromatic ring is 1. The van der Waals surface area contributed by atoms with Crippen LogP contribution in [-0.4, -0.2) is 25.6 Å². The predicted molar refractivity (Wildman–Crippen MR) is 92.4 cm³/mol. The number of methoxy groups -OCH3 is 1. The second kappa shape index (κ2) is 8.01. The van der Waals surface area contributed by atoms with E-state index in [1.165, 1.54) is 7.11 Å². The number of esters is 1. The van der Waals surface area contributed by atoms with Crippen molar-refractivity contribution in [2.45, 2.75) is 13.3 Å². The normalized spacial score (nSPS) is 10.1. The van der Waals surface area contributed by atoms with Crippen molar-refractivity contribution in [1.82, 2.24) is 0 Å². The zero-order chi connectivity index (χ0) is 17.5. The molecule has 0 atom stereocenters. The maximum Gasteiger partial charge on any atom is 0.339 e. The largest absolute Gasteiger partial charge is 0.491 e. The van der Waals surface area contributed by atoms with Crippen LogP contribution in [0.5, 0.6) is 5.75 Å². The smallest absolute Gasteiger partial charge is 0.339 e. The van der Waals surface area contributed by atoms with Crippen LogP contribution >= 0.6 is 0 Å². The summed E-state index contributed by atoms with van der Waals surface area (Å²) in [5.41, 5.74) is 7.33. The van der Waals surface area contributed by atoms with Crippen LogP contribution in [-0.2, 0) is 4.74 Å². The number of carbonyl (C=O) groups excluding carboxylic acids is 2. The summed E-state index contributed by atoms with van der Waals surface area (Å²) in [6.07, 6.45) is 0.867. The molecule has 6 nitrogen and oxygen atoms in total. The molecule has 0 bridgehead atoms. The van der Waals surface area contributed by atoms with E-state index in [9.17, 15) is 9.59 Å². The van der Waals surface area contributed by atoms with E-state index in [2.05, 4.69) is 5.32 Å². The number of benzene rings is 2. The lowest BCUT2D eigenvalue weighted by atomic mass is 10.1. The van der Waals surface area contributed by atoms with Crippen molar-refractivity contribution in [3.8, 4) is 5.75 Å². The number of nitrogens with one attached hydrogen (secondary N) is 1. The van der Waals surface area contributed by atoms with Crippen molar-refractivity contribution in [1.29, 1.82) is 0 Å². The summed E-state index contributed by atoms with van der Waals surface area (Å²) in [6.45, 7) is 2.55. The van der Waals surface area contributed by atoms with Gasteiger partial charge in [-0.15, -0.1) is 0 Å². The predicted octanol–water partition coefficient (Wildman–Crippen LogP) is 3.10. The molecular weight excluding hydrogens is 308 g/mol. The second-order valence-corrected chi connectivity index (χ2v) is 5.09. The van der Waals surface area contributed by atoms with E-state index in [1.54, 1.807) is 42.5 Å². The van der Waals surface area contributed by atoms with Gasteiger partial charge in [0.1, 0.15) is 5.75 Å². The maximum absolute atomic E-state index is 12.4. The van der Waals surface area contributed by atoms with E-state index < -0.39 is 5.97 Å². The summed E-state index contributed by atoms with van der Waals surface area (Å²) in [4.78, 5) is 24.1. The Morgan fingerprint density at radius 2 is 1.92 bits per heavy atom. The Labute approximate surface area is 140 Å². The Morgan fingerprint density at radius 3 is 2.58 bits per heavy atom. The molecule has 24 heavy (non-hydrogen) atoms. The highest BCUT2D eigenvalue weighted by atomic mass is 16.5. The highest BCUT2D eigenvalue weighted by molar-refractivity contribution is 6.08. The summed E-state index contributed by atoms with van der Waals surface area (Å²) in [5, 5.41) is 2.70. The van der Waals surface area contributed by atoms with Crippen LogP contribution in [0.3, 0.4) is 0 Å². The SMILES string of the molecule is CCCOc1ccc(C(=O)Nc2ccccc2C(=O)OC)cc1N. The first-order chi connectivity index (χ1) is 11.6. The van der Waals surface area contributed by atoms with Crippen LogP contribution in [0.15, 0.2) is 42.5 Å². The number of amides is 1. The number of para-hydroxylation sites is 1. The summed E-state index contributed by atoms with van der Waals surface area (Å²) in [7, 11) is 1.29. The Hall–Kier alpha value is -3.02. The van der Waals surface area contributed by atoms with Gasteiger partial charge in [-0.3, -0.25) is 4.79 Å². The molecule has 0 radical (unpaired) electrons. The molecule has 0 aliphatic carbocycles. The van der Waals surface area contributed by atoms with Crippen LogP contribution in [0, 0.1) is 0 Å². The van der Waals surface area contributed by atoms with Gasteiger partial charge >= 0.3 is 5.97 Å². The van der Waals surface area contributed by atoms with Gasteiger partial charge < -0.3 is 20.5 Å². The van der Waals surface area contributed by atoms with E-state index in [0.29, 0.717) is 29.3 Å². The van der Waals surface area contributed by atoms with Crippen molar-refractivity contribution in [2.24, 2.45) is 0 Å². The third-order valence-electron chi connectivity index (χ3n) is 3.31. The van der Waals surface area contributed by atoms with Gasteiger partial charge in [0.15, 0.2) is 0 Å². The third-order valence-corrected chi connectivity index (χ3v) is 3.31. The van der Waals surface area contributed by atoms with Gasteiger partial charge in [0.05, 0.1) is 30.7 Å². The molecule has 0 aliphatic rings. The van der Waals surface area contributed by atoms with E-state index in [-0.39, 0.29) is 11.5 Å². The Bertz CT molecular complexity index is 744. The Balaban J connectivity index is 2.19. The zero-order valence-corrected chi connectivity index (χ0v) is 13.7.